The van der Waals surface area contributed by atoms with E-state index in [1.54, 1.807) is 4.90 Å². The van der Waals surface area contributed by atoms with Gasteiger partial charge in [-0.25, -0.2) is 9.59 Å². The molecule has 0 unspecified atom stereocenters. The minimum atomic E-state index is -0.892. The van der Waals surface area contributed by atoms with Crippen molar-refractivity contribution in [3.8, 4) is 0 Å². The Morgan fingerprint density at radius 2 is 1.56 bits per heavy atom. The number of rotatable bonds is 8. The highest BCUT2D eigenvalue weighted by molar-refractivity contribution is 5.94. The Balaban J connectivity index is 1.52. The molecule has 0 bridgehead atoms. The second-order valence-corrected chi connectivity index (χ2v) is 14.7. The van der Waals surface area contributed by atoms with Gasteiger partial charge in [0.15, 0.2) is 0 Å². The predicted octanol–water partition coefficient (Wildman–Crippen LogP) is 5.36. The lowest BCUT2D eigenvalue weighted by molar-refractivity contribution is -0.165. The van der Waals surface area contributed by atoms with Gasteiger partial charge in [0.2, 0.25) is 11.8 Å². The van der Waals surface area contributed by atoms with E-state index in [1.165, 1.54) is 0 Å². The van der Waals surface area contributed by atoms with Crippen molar-refractivity contribution in [3.05, 3.63) is 35.9 Å². The van der Waals surface area contributed by atoms with E-state index in [-0.39, 0.29) is 36.2 Å². The van der Waals surface area contributed by atoms with E-state index in [9.17, 15) is 19.2 Å². The normalized spacial score (nSPS) is 24.0. The van der Waals surface area contributed by atoms with Crippen LogP contribution in [0.3, 0.4) is 0 Å². The van der Waals surface area contributed by atoms with Crippen LogP contribution >= 0.6 is 0 Å². The fourth-order valence-electron chi connectivity index (χ4n) is 7.00. The van der Waals surface area contributed by atoms with E-state index in [4.69, 9.17) is 9.47 Å². The van der Waals surface area contributed by atoms with Crippen LogP contribution in [0.1, 0.15) is 98.5 Å². The molecule has 238 valence electrons. The zero-order chi connectivity index (χ0) is 31.4. The first-order valence-electron chi connectivity index (χ1n) is 16.1. The number of hydrogen-bond donors (Lipinski definition) is 2. The van der Waals surface area contributed by atoms with Crippen LogP contribution in [0.15, 0.2) is 30.3 Å². The zero-order valence-electron chi connectivity index (χ0n) is 26.8. The molecular formula is C34H51N3O6. The van der Waals surface area contributed by atoms with Gasteiger partial charge in [-0.15, -0.1) is 0 Å². The summed E-state index contributed by atoms with van der Waals surface area (Å²) in [7, 11) is 0. The summed E-state index contributed by atoms with van der Waals surface area (Å²) in [6, 6.07) is 6.99. The van der Waals surface area contributed by atoms with Crippen LogP contribution in [0.5, 0.6) is 0 Å². The van der Waals surface area contributed by atoms with Crippen molar-refractivity contribution in [2.75, 3.05) is 6.54 Å². The topological polar surface area (TPSA) is 114 Å². The number of nitrogens with zero attached hydrogens (tertiary/aromatic N) is 1. The Kier molecular flexibility index (Phi) is 10.4. The fraction of sp³-hybridized carbons (Fsp3) is 0.706. The van der Waals surface area contributed by atoms with Crippen LogP contribution < -0.4 is 10.6 Å². The first-order chi connectivity index (χ1) is 20.2. The first-order valence-corrected chi connectivity index (χ1v) is 16.1. The second-order valence-electron chi connectivity index (χ2n) is 14.7. The minimum absolute atomic E-state index is 0.0607. The van der Waals surface area contributed by atoms with Crippen LogP contribution in [-0.4, -0.2) is 59.0 Å². The van der Waals surface area contributed by atoms with Crippen molar-refractivity contribution in [1.82, 2.24) is 15.5 Å². The number of nitrogens with one attached hydrogen (secondary N) is 2. The number of likely N-dealkylation sites (tertiary alicyclic amines) is 1. The van der Waals surface area contributed by atoms with E-state index < -0.39 is 41.1 Å². The smallest absolute Gasteiger partial charge is 0.408 e. The number of amides is 3. The molecule has 43 heavy (non-hydrogen) atoms. The number of fused-ring (bicyclic) bond motifs is 1. The van der Waals surface area contributed by atoms with Crippen molar-refractivity contribution in [2.45, 2.75) is 123 Å². The summed E-state index contributed by atoms with van der Waals surface area (Å²) >= 11 is 0. The molecule has 2 aliphatic carbocycles. The molecule has 0 aromatic heterocycles. The fourth-order valence-corrected chi connectivity index (χ4v) is 7.00. The molecule has 1 aliphatic heterocycles. The minimum Gasteiger partial charge on any atom is -0.458 e. The van der Waals surface area contributed by atoms with Gasteiger partial charge >= 0.3 is 12.1 Å². The molecule has 5 atom stereocenters. The molecular weight excluding hydrogens is 546 g/mol. The molecule has 2 N–H and O–H groups in total. The Hall–Kier alpha value is -3.10. The van der Waals surface area contributed by atoms with E-state index in [0.717, 1.165) is 56.9 Å². The van der Waals surface area contributed by atoms with E-state index in [2.05, 4.69) is 10.6 Å². The summed E-state index contributed by atoms with van der Waals surface area (Å²) in [6.07, 6.45) is 6.88. The lowest BCUT2D eigenvalue weighted by Crippen LogP contribution is -2.61. The third-order valence-corrected chi connectivity index (χ3v) is 9.11. The van der Waals surface area contributed by atoms with E-state index >= 15 is 0 Å². The molecule has 2 saturated carbocycles. The number of carbonyl (C=O) groups is 4. The molecule has 1 aromatic carbocycles. The maximum absolute atomic E-state index is 14.3. The molecule has 4 rings (SSSR count). The molecule has 0 spiro atoms. The molecule has 9 nitrogen and oxygen atoms in total. The molecule has 3 aliphatic rings. The Labute approximate surface area is 256 Å². The quantitative estimate of drug-likeness (QED) is 0.390. The maximum atomic E-state index is 14.3. The summed E-state index contributed by atoms with van der Waals surface area (Å²) in [6.45, 7) is 11.8. The first kappa shape index (κ1) is 32.8. The van der Waals surface area contributed by atoms with Crippen LogP contribution in [0.4, 0.5) is 4.79 Å². The van der Waals surface area contributed by atoms with Gasteiger partial charge in [0.1, 0.15) is 30.3 Å². The van der Waals surface area contributed by atoms with Crippen LogP contribution in [0, 0.1) is 23.2 Å². The highest BCUT2D eigenvalue weighted by Crippen LogP contribution is 2.44. The Morgan fingerprint density at radius 3 is 2.19 bits per heavy atom. The largest absolute Gasteiger partial charge is 0.458 e. The van der Waals surface area contributed by atoms with Crippen LogP contribution in [0.2, 0.25) is 0 Å². The third kappa shape index (κ3) is 8.51. The van der Waals surface area contributed by atoms with Gasteiger partial charge in [-0.3, -0.25) is 9.59 Å². The van der Waals surface area contributed by atoms with E-state index in [1.807, 2.05) is 71.9 Å². The van der Waals surface area contributed by atoms with Crippen molar-refractivity contribution in [3.63, 3.8) is 0 Å². The molecule has 9 heteroatoms. The summed E-state index contributed by atoms with van der Waals surface area (Å²) in [5.41, 5.74) is -0.466. The Bertz CT molecular complexity index is 1140. The van der Waals surface area contributed by atoms with Crippen molar-refractivity contribution in [1.29, 1.82) is 0 Å². The molecule has 3 amide bonds. The van der Waals surface area contributed by atoms with Gasteiger partial charge in [0.05, 0.1) is 0 Å². The number of alkyl carbamates (subject to hydrolysis) is 1. The zero-order valence-corrected chi connectivity index (χ0v) is 26.8. The van der Waals surface area contributed by atoms with Gasteiger partial charge in [-0.1, -0.05) is 76.8 Å². The summed E-state index contributed by atoms with van der Waals surface area (Å²) in [4.78, 5) is 56.3. The number of esters is 1. The van der Waals surface area contributed by atoms with Crippen molar-refractivity contribution in [2.24, 2.45) is 23.2 Å². The molecule has 1 saturated heterocycles. The number of hydrogen-bond acceptors (Lipinski definition) is 6. The summed E-state index contributed by atoms with van der Waals surface area (Å²) < 4.78 is 11.3. The monoisotopic (exact) mass is 597 g/mol. The van der Waals surface area contributed by atoms with Crippen LogP contribution in [0.25, 0.3) is 0 Å². The van der Waals surface area contributed by atoms with Gasteiger partial charge in [0, 0.05) is 6.54 Å². The average Bonchev–Trinajstić information content (AvgIpc) is 3.54. The standard InChI is InChI=1S/C34H51N3O6/c1-33(2,3)28(30(39)37-20-24-18-13-19-25(24)27(37)31(40)43-34(4,5)6)36-29(38)26(23-16-11-8-12-17-23)35-32(41)42-21-22-14-9-7-10-15-22/h7,9-10,14-15,23-28H,8,11-13,16-21H2,1-6H3,(H,35,41)(H,36,38)/t24-,25+,26+,27+,28-/m1/s1. The summed E-state index contributed by atoms with van der Waals surface area (Å²) in [5.74, 6) is -0.809. The van der Waals surface area contributed by atoms with Gasteiger partial charge in [0.25, 0.3) is 0 Å². The molecule has 1 aromatic rings. The molecule has 1 heterocycles. The highest BCUT2D eigenvalue weighted by Gasteiger charge is 2.53. The van der Waals surface area contributed by atoms with Gasteiger partial charge in [-0.2, -0.15) is 0 Å². The Morgan fingerprint density at radius 1 is 0.884 bits per heavy atom. The molecule has 3 fully saturated rings. The maximum Gasteiger partial charge on any atom is 0.408 e. The van der Waals surface area contributed by atoms with E-state index in [0.29, 0.717) is 6.54 Å². The number of ether oxygens (including phenoxy) is 2. The van der Waals surface area contributed by atoms with Gasteiger partial charge in [-0.05, 0) is 75.2 Å². The highest BCUT2D eigenvalue weighted by atomic mass is 16.6. The molecule has 0 radical (unpaired) electrons. The number of benzene rings is 1. The predicted molar refractivity (Wildman–Crippen MR) is 164 cm³/mol. The second kappa shape index (κ2) is 13.7. The number of carbonyl (C=O) groups excluding carboxylic acids is 4. The lowest BCUT2D eigenvalue weighted by atomic mass is 9.82. The third-order valence-electron chi connectivity index (χ3n) is 9.11. The summed E-state index contributed by atoms with van der Waals surface area (Å²) in [5, 5.41) is 5.87. The SMILES string of the molecule is CC(C)(C)OC(=O)[C@@H]1[C@H]2CCC[C@@H]2CN1C(=O)[C@@H](NC(=O)[C@@H](NC(=O)OCc1ccccc1)C1CCCCC1)C(C)(C)C. The van der Waals surface area contributed by atoms with Crippen molar-refractivity contribution >= 4 is 23.9 Å². The average molecular weight is 598 g/mol. The van der Waals surface area contributed by atoms with Crippen LogP contribution in [-0.2, 0) is 30.5 Å². The van der Waals surface area contributed by atoms with Gasteiger partial charge < -0.3 is 25.0 Å². The lowest BCUT2D eigenvalue weighted by Gasteiger charge is -2.38. The van der Waals surface area contributed by atoms with Crippen molar-refractivity contribution < 1.29 is 28.7 Å².